The van der Waals surface area contributed by atoms with Crippen LogP contribution in [0.15, 0.2) is 0 Å². The first kappa shape index (κ1) is 55.2. The molecule has 58 heavy (non-hydrogen) atoms. The summed E-state index contributed by atoms with van der Waals surface area (Å²) in [6.45, 7) is 3.62. The smallest absolute Gasteiger partial charge is 0.220 e. The number of carbonyl (C=O) groups excluding carboxylic acids is 1. The molecule has 1 rings (SSSR count). The van der Waals surface area contributed by atoms with Crippen LogP contribution in [-0.2, 0) is 14.3 Å². The van der Waals surface area contributed by atoms with Gasteiger partial charge in [0, 0.05) is 6.42 Å². The Morgan fingerprint density at radius 1 is 0.534 bits per heavy atom. The number of nitrogens with one attached hydrogen (secondary N) is 1. The largest absolute Gasteiger partial charge is 0.394 e. The van der Waals surface area contributed by atoms with Gasteiger partial charge in [-0.15, -0.1) is 0 Å². The second-order valence-electron chi connectivity index (χ2n) is 17.8. The maximum Gasteiger partial charge on any atom is 0.220 e. The predicted octanol–water partition coefficient (Wildman–Crippen LogP) is 9.70. The Morgan fingerprint density at radius 2 is 0.897 bits per heavy atom. The molecule has 10 nitrogen and oxygen atoms in total. The zero-order valence-electron chi connectivity index (χ0n) is 37.7. The van der Waals surface area contributed by atoms with E-state index in [-0.39, 0.29) is 18.9 Å². The molecule has 0 spiro atoms. The van der Waals surface area contributed by atoms with Crippen LogP contribution in [0.5, 0.6) is 0 Å². The van der Waals surface area contributed by atoms with Gasteiger partial charge in [0.05, 0.1) is 25.4 Å². The molecule has 346 valence electrons. The first-order valence-electron chi connectivity index (χ1n) is 24.8. The minimum Gasteiger partial charge on any atom is -0.394 e. The first-order chi connectivity index (χ1) is 28.3. The van der Waals surface area contributed by atoms with Gasteiger partial charge in [0.15, 0.2) is 6.29 Å². The highest BCUT2D eigenvalue weighted by molar-refractivity contribution is 5.76. The van der Waals surface area contributed by atoms with Gasteiger partial charge in [-0.3, -0.25) is 4.79 Å². The van der Waals surface area contributed by atoms with E-state index < -0.39 is 55.6 Å². The molecule has 1 fully saturated rings. The normalized spacial score (nSPS) is 21.3. The standard InChI is InChI=1S/C48H95NO9/c1-3-5-7-9-11-13-15-17-18-19-20-21-22-23-24-25-27-29-31-33-35-37-43(52)49-40(39-57-48-47(56)46(55)45(54)42(38-50)58-48)44(53)41(51)36-34-32-30-28-26-16-14-12-10-8-6-4-2/h40-42,44-48,50-51,53-56H,3-39H2,1-2H3,(H,49,52)/t40-,41+,42+,44-,45-,46-,47+,48-/m0/s1. The monoisotopic (exact) mass is 830 g/mol. The van der Waals surface area contributed by atoms with Crippen molar-refractivity contribution in [2.45, 2.75) is 288 Å². The number of hydrogen-bond acceptors (Lipinski definition) is 9. The van der Waals surface area contributed by atoms with E-state index in [2.05, 4.69) is 19.2 Å². The van der Waals surface area contributed by atoms with Crippen molar-refractivity contribution < 1.29 is 44.9 Å². The van der Waals surface area contributed by atoms with E-state index in [1.807, 2.05) is 0 Å². The van der Waals surface area contributed by atoms with Crippen LogP contribution >= 0.6 is 0 Å². The predicted molar refractivity (Wildman–Crippen MR) is 237 cm³/mol. The molecule has 1 aliphatic rings. The quantitative estimate of drug-likeness (QED) is 0.0296. The van der Waals surface area contributed by atoms with Crippen LogP contribution in [-0.4, -0.2) is 98.7 Å². The van der Waals surface area contributed by atoms with Crippen LogP contribution in [0.3, 0.4) is 0 Å². The van der Waals surface area contributed by atoms with E-state index >= 15 is 0 Å². The van der Waals surface area contributed by atoms with Crippen molar-refractivity contribution in [2.75, 3.05) is 13.2 Å². The van der Waals surface area contributed by atoms with Crippen molar-refractivity contribution in [1.29, 1.82) is 0 Å². The zero-order valence-corrected chi connectivity index (χ0v) is 37.7. The molecule has 0 aromatic carbocycles. The van der Waals surface area contributed by atoms with Crippen LogP contribution in [0, 0.1) is 0 Å². The lowest BCUT2D eigenvalue weighted by atomic mass is 9.98. The fourth-order valence-electron chi connectivity index (χ4n) is 8.26. The number of hydrogen-bond donors (Lipinski definition) is 7. The molecular weight excluding hydrogens is 735 g/mol. The van der Waals surface area contributed by atoms with Crippen LogP contribution in [0.2, 0.25) is 0 Å². The Balaban J connectivity index is 2.30. The number of ether oxygens (including phenoxy) is 2. The van der Waals surface area contributed by atoms with Crippen molar-refractivity contribution in [3.05, 3.63) is 0 Å². The number of rotatable bonds is 42. The van der Waals surface area contributed by atoms with E-state index in [0.29, 0.717) is 6.42 Å². The van der Waals surface area contributed by atoms with E-state index in [0.717, 1.165) is 38.5 Å². The molecule has 0 aliphatic carbocycles. The zero-order chi connectivity index (χ0) is 42.5. The minimum atomic E-state index is -1.60. The summed E-state index contributed by atoms with van der Waals surface area (Å²) in [4.78, 5) is 13.0. The summed E-state index contributed by atoms with van der Waals surface area (Å²) < 4.78 is 11.2. The lowest BCUT2D eigenvalue weighted by Crippen LogP contribution is -2.60. The lowest BCUT2D eigenvalue weighted by Gasteiger charge is -2.40. The summed E-state index contributed by atoms with van der Waals surface area (Å²) >= 11 is 0. The molecule has 1 heterocycles. The summed E-state index contributed by atoms with van der Waals surface area (Å²) in [5.41, 5.74) is 0. The number of aliphatic hydroxyl groups excluding tert-OH is 6. The third-order valence-corrected chi connectivity index (χ3v) is 12.3. The Labute approximate surface area is 356 Å². The van der Waals surface area contributed by atoms with Gasteiger partial charge in [0.2, 0.25) is 5.91 Å². The Bertz CT molecular complexity index is 895. The topological polar surface area (TPSA) is 169 Å². The van der Waals surface area contributed by atoms with Crippen LogP contribution in [0.25, 0.3) is 0 Å². The van der Waals surface area contributed by atoms with Crippen molar-refractivity contribution in [3.63, 3.8) is 0 Å². The van der Waals surface area contributed by atoms with E-state index in [4.69, 9.17) is 9.47 Å². The number of aliphatic hydroxyl groups is 6. The molecule has 10 heteroatoms. The Hall–Kier alpha value is -0.850. The summed E-state index contributed by atoms with van der Waals surface area (Å²) in [7, 11) is 0. The average Bonchev–Trinajstić information content (AvgIpc) is 3.22. The minimum absolute atomic E-state index is 0.253. The van der Waals surface area contributed by atoms with Crippen molar-refractivity contribution >= 4 is 5.91 Å². The fraction of sp³-hybridized carbons (Fsp3) is 0.979. The number of carbonyl (C=O) groups is 1. The number of unbranched alkanes of at least 4 members (excludes halogenated alkanes) is 31. The van der Waals surface area contributed by atoms with Gasteiger partial charge in [0.25, 0.3) is 0 Å². The fourth-order valence-corrected chi connectivity index (χ4v) is 8.26. The lowest BCUT2D eigenvalue weighted by molar-refractivity contribution is -0.303. The van der Waals surface area contributed by atoms with Crippen molar-refractivity contribution in [2.24, 2.45) is 0 Å². The third-order valence-electron chi connectivity index (χ3n) is 12.3. The second-order valence-corrected chi connectivity index (χ2v) is 17.8. The molecule has 0 radical (unpaired) electrons. The molecule has 0 saturated carbocycles. The molecular formula is C48H95NO9. The maximum atomic E-state index is 13.0. The van der Waals surface area contributed by atoms with Gasteiger partial charge < -0.3 is 45.4 Å². The summed E-state index contributed by atoms with van der Waals surface area (Å²) in [5, 5.41) is 65.2. The SMILES string of the molecule is CCCCCCCCCCCCCCCCCCCCCCCC(=O)N[C@@H](CO[C@H]1O[C@H](CO)[C@H](O)[C@H](O)[C@H]1O)[C@H](O)[C@H](O)CCCCCCCCCCCCCC. The average molecular weight is 830 g/mol. The van der Waals surface area contributed by atoms with Gasteiger partial charge in [-0.25, -0.2) is 0 Å². The molecule has 1 saturated heterocycles. The molecule has 0 aromatic heterocycles. The van der Waals surface area contributed by atoms with Gasteiger partial charge in [0.1, 0.15) is 30.5 Å². The third kappa shape index (κ3) is 28.6. The van der Waals surface area contributed by atoms with Gasteiger partial charge in [-0.1, -0.05) is 219 Å². The van der Waals surface area contributed by atoms with Crippen molar-refractivity contribution in [3.8, 4) is 0 Å². The van der Waals surface area contributed by atoms with Gasteiger partial charge in [-0.05, 0) is 12.8 Å². The highest BCUT2D eigenvalue weighted by Crippen LogP contribution is 2.23. The molecule has 1 aliphatic heterocycles. The van der Waals surface area contributed by atoms with Gasteiger partial charge >= 0.3 is 0 Å². The van der Waals surface area contributed by atoms with E-state index in [9.17, 15) is 35.4 Å². The highest BCUT2D eigenvalue weighted by Gasteiger charge is 2.44. The molecule has 1 amide bonds. The highest BCUT2D eigenvalue weighted by atomic mass is 16.7. The summed E-state index contributed by atoms with van der Waals surface area (Å²) in [6, 6.07) is -0.984. The van der Waals surface area contributed by atoms with E-state index in [1.165, 1.54) is 173 Å². The van der Waals surface area contributed by atoms with Crippen LogP contribution < -0.4 is 5.32 Å². The number of amides is 1. The van der Waals surface area contributed by atoms with Crippen LogP contribution in [0.1, 0.15) is 239 Å². The summed E-state index contributed by atoms with van der Waals surface area (Å²) in [5.74, 6) is -0.253. The molecule has 8 atom stereocenters. The van der Waals surface area contributed by atoms with Gasteiger partial charge in [-0.2, -0.15) is 0 Å². The molecule has 7 N–H and O–H groups in total. The molecule has 0 bridgehead atoms. The maximum absolute atomic E-state index is 13.0. The Morgan fingerprint density at radius 3 is 1.28 bits per heavy atom. The molecule has 0 unspecified atom stereocenters. The van der Waals surface area contributed by atoms with Crippen molar-refractivity contribution in [1.82, 2.24) is 5.32 Å². The van der Waals surface area contributed by atoms with E-state index in [1.54, 1.807) is 0 Å². The molecule has 0 aromatic rings. The first-order valence-corrected chi connectivity index (χ1v) is 24.8. The summed E-state index contributed by atoms with van der Waals surface area (Å²) in [6.07, 6.45) is 32.6. The van der Waals surface area contributed by atoms with Crippen LogP contribution in [0.4, 0.5) is 0 Å². The Kier molecular flexibility index (Phi) is 37.1. The second kappa shape index (κ2) is 39.0.